The molecule has 0 radical (unpaired) electrons. The zero-order valence-electron chi connectivity index (χ0n) is 22.0. The van der Waals surface area contributed by atoms with Crippen LogP contribution in [-0.2, 0) is 43.9 Å². The van der Waals surface area contributed by atoms with Crippen molar-refractivity contribution in [2.24, 2.45) is 5.11 Å². The van der Waals surface area contributed by atoms with Gasteiger partial charge in [0.25, 0.3) is 5.56 Å². The average Bonchev–Trinajstić information content (AvgIpc) is 3.62. The number of alkyl halides is 1. The number of H-pyrrole nitrogens is 1. The second-order valence-corrected chi connectivity index (χ2v) is 15.3. The number of hydrogen-bond donors (Lipinski definition) is 7. The number of aromatic nitrogens is 6. The molecule has 3 aliphatic heterocycles. The first-order valence-electron chi connectivity index (χ1n) is 12.6. The molecule has 9 atom stereocenters. The summed E-state index contributed by atoms with van der Waals surface area (Å²) in [5, 5.41) is 5.87. The molecule has 0 amide bonds. The predicted molar refractivity (Wildman–Crippen MR) is 154 cm³/mol. The number of ether oxygens (including phenoxy) is 2. The molecule has 3 saturated heterocycles. The number of nitrogens with two attached hydrogens (primary N) is 2. The van der Waals surface area contributed by atoms with Crippen LogP contribution in [0.5, 0.6) is 0 Å². The smallest absolute Gasteiger partial charge is 0.382 e. The Morgan fingerprint density at radius 2 is 2.02 bits per heavy atom. The van der Waals surface area contributed by atoms with E-state index < -0.39 is 68.7 Å². The maximum absolute atomic E-state index is 15.7. The van der Waals surface area contributed by atoms with Crippen molar-refractivity contribution in [1.29, 1.82) is 5.53 Å². The second-order valence-electron chi connectivity index (χ2n) is 9.65. The summed E-state index contributed by atoms with van der Waals surface area (Å²) in [6.07, 6.45) is -7.06. The number of aromatic amines is 1. The average molecular weight is 696 g/mol. The number of rotatable bonds is 4. The molecule has 20 nitrogen and oxygen atoms in total. The lowest BCUT2D eigenvalue weighted by atomic mass is 10.1. The van der Waals surface area contributed by atoms with E-state index in [4.69, 9.17) is 56.4 Å². The predicted octanol–water partition coefficient (Wildman–Crippen LogP) is 1.27. The van der Waals surface area contributed by atoms with Crippen molar-refractivity contribution in [2.45, 2.75) is 49.5 Å². The van der Waals surface area contributed by atoms with E-state index in [1.54, 1.807) is 0 Å². The molecule has 0 spiro atoms. The number of nitrogens with one attached hydrogen (secondary N) is 3. The molecule has 0 aromatic carbocycles. The molecular formula is C19H24FN11O9P2S2. The number of imidazole rings is 1. The summed E-state index contributed by atoms with van der Waals surface area (Å²) < 4.78 is 64.3. The molecule has 3 fully saturated rings. The van der Waals surface area contributed by atoms with Crippen LogP contribution in [0.15, 0.2) is 22.6 Å². The molecule has 8 N–H and O–H groups in total. The summed E-state index contributed by atoms with van der Waals surface area (Å²) >= 11 is 9.24. The molecule has 25 heteroatoms. The molecular weight excluding hydrogens is 671 g/mol. The lowest BCUT2D eigenvalue weighted by Gasteiger charge is -2.27. The first kappa shape index (κ1) is 31.3. The monoisotopic (exact) mass is 695 g/mol. The van der Waals surface area contributed by atoms with Gasteiger partial charge in [-0.3, -0.25) is 23.4 Å². The lowest BCUT2D eigenvalue weighted by Crippen LogP contribution is -2.35. The van der Waals surface area contributed by atoms with E-state index in [1.807, 2.05) is 0 Å². The molecule has 6 rings (SSSR count). The van der Waals surface area contributed by atoms with Crippen LogP contribution >= 0.6 is 25.8 Å². The van der Waals surface area contributed by atoms with Crippen molar-refractivity contribution >= 4 is 72.0 Å². The molecule has 6 heterocycles. The molecule has 238 valence electrons. The first-order valence-corrected chi connectivity index (χ1v) is 17.9. The third-order valence-corrected chi connectivity index (χ3v) is 9.95. The third kappa shape index (κ3) is 6.22. The topological polar surface area (TPSA) is 282 Å². The molecule has 2 bridgehead atoms. The minimum absolute atomic E-state index is 0.0334. The Hall–Kier alpha value is -2.69. The third-order valence-electron chi connectivity index (χ3n) is 6.75. The van der Waals surface area contributed by atoms with Crippen LogP contribution in [0.1, 0.15) is 12.6 Å². The van der Waals surface area contributed by atoms with Gasteiger partial charge in [0.1, 0.15) is 24.6 Å². The van der Waals surface area contributed by atoms with Crippen LogP contribution in [0, 0.1) is 5.53 Å². The summed E-state index contributed by atoms with van der Waals surface area (Å²) in [4.78, 5) is 41.4. The summed E-state index contributed by atoms with van der Waals surface area (Å²) in [6.45, 7) is -9.35. The Kier molecular flexibility index (Phi) is 8.47. The van der Waals surface area contributed by atoms with Crippen LogP contribution in [0.3, 0.4) is 0 Å². The van der Waals surface area contributed by atoms with Gasteiger partial charge in [-0.1, -0.05) is 12.2 Å². The van der Waals surface area contributed by atoms with Gasteiger partial charge in [-0.25, -0.2) is 29.4 Å². The molecule has 3 aliphatic rings. The number of halogens is 1. The number of nitrogen functional groups attached to an aromatic ring is 2. The van der Waals surface area contributed by atoms with Crippen molar-refractivity contribution in [2.75, 3.05) is 30.0 Å². The van der Waals surface area contributed by atoms with Crippen LogP contribution in [0.25, 0.3) is 11.2 Å². The van der Waals surface area contributed by atoms with Gasteiger partial charge in [0.15, 0.2) is 47.1 Å². The van der Waals surface area contributed by atoms with Gasteiger partial charge in [0.2, 0.25) is 5.95 Å². The second kappa shape index (κ2) is 11.9. The number of fused-ring (bicyclic) bond motifs is 4. The number of nitrogens with zero attached hydrogens (tertiary/aromatic N) is 6. The summed E-state index contributed by atoms with van der Waals surface area (Å²) in [5.74, 6) is -0.450. The van der Waals surface area contributed by atoms with E-state index in [9.17, 15) is 14.3 Å². The van der Waals surface area contributed by atoms with Gasteiger partial charge in [-0.2, -0.15) is 10.1 Å². The lowest BCUT2D eigenvalue weighted by molar-refractivity contribution is -0.0525. The SMILES string of the molecule is N=Nc1c(N)ncnc1N[C@@H]1O[C@@H]2COP(O)(=S)O[C@@H]3C[C@@H](COP(=O)(S)O[C@H]2[C@@H]1F)O[C@H]3n1cnc2c(=O)[nH]c(N)nc21. The number of hydrogen-bond acceptors (Lipinski definition) is 18. The van der Waals surface area contributed by atoms with Crippen molar-refractivity contribution in [3.05, 3.63) is 23.0 Å². The van der Waals surface area contributed by atoms with Gasteiger partial charge < -0.3 is 40.2 Å². The van der Waals surface area contributed by atoms with Crippen molar-refractivity contribution < 1.29 is 41.4 Å². The Morgan fingerprint density at radius 1 is 1.23 bits per heavy atom. The summed E-state index contributed by atoms with van der Waals surface area (Å²) in [7, 11) is 0. The van der Waals surface area contributed by atoms with Gasteiger partial charge in [-0.05, 0) is 11.8 Å². The zero-order chi connectivity index (χ0) is 31.4. The van der Waals surface area contributed by atoms with Crippen LogP contribution in [0.4, 0.5) is 27.7 Å². The van der Waals surface area contributed by atoms with E-state index >= 15 is 4.39 Å². The highest BCUT2D eigenvalue weighted by Crippen LogP contribution is 2.57. The van der Waals surface area contributed by atoms with E-state index in [0.29, 0.717) is 0 Å². The summed E-state index contributed by atoms with van der Waals surface area (Å²) in [6, 6.07) is 0. The van der Waals surface area contributed by atoms with Crippen LogP contribution in [0.2, 0.25) is 0 Å². The van der Waals surface area contributed by atoms with Crippen LogP contribution in [-0.4, -0.2) is 84.4 Å². The van der Waals surface area contributed by atoms with Gasteiger partial charge >= 0.3 is 13.5 Å². The number of thiol groups is 1. The molecule has 3 aromatic heterocycles. The molecule has 44 heavy (non-hydrogen) atoms. The summed E-state index contributed by atoms with van der Waals surface area (Å²) in [5.41, 5.74) is 18.0. The maximum Gasteiger partial charge on any atom is 0.386 e. The molecule has 2 unspecified atom stereocenters. The Labute approximate surface area is 255 Å². The van der Waals surface area contributed by atoms with Crippen molar-refractivity contribution in [3.8, 4) is 0 Å². The highest BCUT2D eigenvalue weighted by atomic mass is 32.7. The van der Waals surface area contributed by atoms with E-state index in [1.165, 1.54) is 10.9 Å². The largest absolute Gasteiger partial charge is 0.386 e. The Morgan fingerprint density at radius 3 is 2.80 bits per heavy atom. The Balaban J connectivity index is 1.27. The Bertz CT molecular complexity index is 1750. The van der Waals surface area contributed by atoms with Crippen LogP contribution < -0.4 is 22.3 Å². The quantitative estimate of drug-likeness (QED) is 0.115. The number of anilines is 3. The fourth-order valence-corrected chi connectivity index (χ4v) is 7.80. The van der Waals surface area contributed by atoms with E-state index in [0.717, 1.165) is 6.33 Å². The molecule has 3 aromatic rings. The minimum atomic E-state index is -4.29. The standard InChI is InChI=1S/C19H24FN11O9P2S2/c20-9-12-8(38-17(9)27-14-10(30-23)13(21)24-4-25-14)3-36-41(33,43)39-7-1-6(2-35-42(34,44)40-12)37-18(7)31-5-26-11-15(31)28-19(22)29-16(11)32/h4-9,12,17-18,23H,1-3H2,(H,33,43)(H,34,44)(H3,21,24,25,27)(H3,22,28,29,32)/t6-,7+,8+,9-,12+,17+,18+,41?,42?/m0/s1. The minimum Gasteiger partial charge on any atom is -0.382 e. The maximum atomic E-state index is 15.7. The van der Waals surface area contributed by atoms with Crippen molar-refractivity contribution in [1.82, 2.24) is 29.5 Å². The highest BCUT2D eigenvalue weighted by molar-refractivity contribution is 8.44. The van der Waals surface area contributed by atoms with Gasteiger partial charge in [0.05, 0.1) is 25.6 Å². The van der Waals surface area contributed by atoms with Gasteiger partial charge in [-0.15, -0.1) is 0 Å². The normalized spacial score (nSPS) is 36.2. The van der Waals surface area contributed by atoms with Crippen molar-refractivity contribution in [3.63, 3.8) is 0 Å². The molecule has 0 aliphatic carbocycles. The van der Waals surface area contributed by atoms with Gasteiger partial charge in [0, 0.05) is 6.42 Å². The molecule has 0 saturated carbocycles. The highest BCUT2D eigenvalue weighted by Gasteiger charge is 2.51. The van der Waals surface area contributed by atoms with E-state index in [2.05, 4.69) is 47.6 Å². The fraction of sp³-hybridized carbons (Fsp3) is 0.526. The van der Waals surface area contributed by atoms with E-state index in [-0.39, 0.29) is 47.5 Å². The first-order chi connectivity index (χ1) is 20.8. The fourth-order valence-electron chi connectivity index (χ4n) is 4.86. The zero-order valence-corrected chi connectivity index (χ0v) is 25.5.